The number of hydrogen-bond donors (Lipinski definition) is 1. The summed E-state index contributed by atoms with van der Waals surface area (Å²) in [6, 6.07) is 28.3. The van der Waals surface area contributed by atoms with Crippen molar-refractivity contribution in [1.82, 2.24) is 9.97 Å². The maximum atomic E-state index is 10.3. The van der Waals surface area contributed by atoms with E-state index in [1.807, 2.05) is 12.1 Å². The molecule has 0 amide bonds. The smallest absolute Gasteiger partial charge is 0.217 e. The average Bonchev–Trinajstić information content (AvgIpc) is 3.19. The van der Waals surface area contributed by atoms with Gasteiger partial charge in [0.05, 0.1) is 18.4 Å². The number of phenols is 1. The number of ether oxygens (including phenoxy) is 1. The Kier molecular flexibility index (Phi) is 4.30. The minimum absolute atomic E-state index is 0.137. The molecule has 0 spiro atoms. The SMILES string of the molecule is COc1cc(-c2ccc3sc4cc5ccccc5cc4c3c2)nc(-c2ccccc2O)n1. The highest BCUT2D eigenvalue weighted by molar-refractivity contribution is 7.25. The minimum Gasteiger partial charge on any atom is -0.507 e. The first-order chi connectivity index (χ1) is 15.7. The van der Waals surface area contributed by atoms with Crippen molar-refractivity contribution < 1.29 is 9.84 Å². The Morgan fingerprint density at radius 2 is 1.50 bits per heavy atom. The molecule has 5 heteroatoms. The van der Waals surface area contributed by atoms with Gasteiger partial charge in [-0.2, -0.15) is 4.98 Å². The van der Waals surface area contributed by atoms with Gasteiger partial charge in [-0.3, -0.25) is 0 Å². The predicted molar refractivity (Wildman–Crippen MR) is 132 cm³/mol. The molecule has 154 valence electrons. The van der Waals surface area contributed by atoms with Gasteiger partial charge in [0.25, 0.3) is 0 Å². The Hall–Kier alpha value is -3.96. The average molecular weight is 435 g/mol. The summed E-state index contributed by atoms with van der Waals surface area (Å²) in [5.74, 6) is 1.02. The maximum Gasteiger partial charge on any atom is 0.217 e. The minimum atomic E-state index is 0.137. The van der Waals surface area contributed by atoms with Crippen molar-refractivity contribution in [2.45, 2.75) is 0 Å². The number of benzene rings is 4. The Morgan fingerprint density at radius 3 is 2.31 bits per heavy atom. The number of methoxy groups -OCH3 is 1. The highest BCUT2D eigenvalue weighted by atomic mass is 32.1. The molecule has 6 aromatic rings. The fourth-order valence-corrected chi connectivity index (χ4v) is 5.20. The molecule has 0 atom stereocenters. The highest BCUT2D eigenvalue weighted by Crippen LogP contribution is 2.39. The molecule has 2 heterocycles. The van der Waals surface area contributed by atoms with Gasteiger partial charge in [0.1, 0.15) is 5.75 Å². The summed E-state index contributed by atoms with van der Waals surface area (Å²) >= 11 is 1.80. The van der Waals surface area contributed by atoms with Crippen LogP contribution in [-0.2, 0) is 0 Å². The highest BCUT2D eigenvalue weighted by Gasteiger charge is 2.14. The first-order valence-corrected chi connectivity index (χ1v) is 11.1. The molecule has 2 aromatic heterocycles. The molecule has 1 N–H and O–H groups in total. The lowest BCUT2D eigenvalue weighted by Crippen LogP contribution is -1.96. The van der Waals surface area contributed by atoms with Crippen LogP contribution >= 0.6 is 11.3 Å². The van der Waals surface area contributed by atoms with E-state index < -0.39 is 0 Å². The zero-order valence-electron chi connectivity index (χ0n) is 17.2. The molecule has 0 fully saturated rings. The van der Waals surface area contributed by atoms with Crippen molar-refractivity contribution in [2.24, 2.45) is 0 Å². The topological polar surface area (TPSA) is 55.2 Å². The van der Waals surface area contributed by atoms with E-state index in [2.05, 4.69) is 59.6 Å². The lowest BCUT2D eigenvalue weighted by Gasteiger charge is -2.09. The molecule has 0 aliphatic heterocycles. The molecule has 32 heavy (non-hydrogen) atoms. The largest absolute Gasteiger partial charge is 0.507 e. The Balaban J connectivity index is 1.56. The second kappa shape index (κ2) is 7.32. The first kappa shape index (κ1) is 18.8. The zero-order valence-corrected chi connectivity index (χ0v) is 18.1. The summed E-state index contributed by atoms with van der Waals surface area (Å²) < 4.78 is 7.95. The van der Waals surface area contributed by atoms with Crippen LogP contribution in [0, 0.1) is 0 Å². The predicted octanol–water partition coefficient (Wildman–Crippen LogP) is 7.05. The second-order valence-corrected chi connectivity index (χ2v) is 8.73. The number of rotatable bonds is 3. The standard InChI is InChI=1S/C27H18N2O2S/c1-31-26-15-22(28-27(29-26)19-8-4-5-9-23(19)30)18-10-11-24-20(13-18)21-12-16-6-2-3-7-17(16)14-25(21)32-24/h2-15,30H,1H3. The molecular formula is C27H18N2O2S. The molecule has 0 bridgehead atoms. The van der Waals surface area contributed by atoms with Crippen LogP contribution in [0.2, 0.25) is 0 Å². The third-order valence-corrected chi connectivity index (χ3v) is 6.82. The van der Waals surface area contributed by atoms with E-state index in [-0.39, 0.29) is 5.75 Å². The van der Waals surface area contributed by atoms with E-state index in [9.17, 15) is 5.11 Å². The summed E-state index contributed by atoms with van der Waals surface area (Å²) in [7, 11) is 1.58. The zero-order chi connectivity index (χ0) is 21.7. The number of nitrogens with zero attached hydrogens (tertiary/aromatic N) is 2. The summed E-state index contributed by atoms with van der Waals surface area (Å²) in [5, 5.41) is 15.2. The van der Waals surface area contributed by atoms with Gasteiger partial charge in [-0.05, 0) is 47.2 Å². The Labute approximate surface area is 188 Å². The second-order valence-electron chi connectivity index (χ2n) is 7.64. The van der Waals surface area contributed by atoms with Crippen LogP contribution in [0.25, 0.3) is 53.6 Å². The summed E-state index contributed by atoms with van der Waals surface area (Å²) in [6.45, 7) is 0. The number of aromatic nitrogens is 2. The van der Waals surface area contributed by atoms with Gasteiger partial charge in [-0.1, -0.05) is 42.5 Å². The first-order valence-electron chi connectivity index (χ1n) is 10.3. The van der Waals surface area contributed by atoms with Gasteiger partial charge in [0, 0.05) is 31.8 Å². The molecule has 0 saturated heterocycles. The van der Waals surface area contributed by atoms with E-state index in [0.29, 0.717) is 17.3 Å². The van der Waals surface area contributed by atoms with Gasteiger partial charge < -0.3 is 9.84 Å². The number of phenolic OH excluding ortho intramolecular Hbond substituents is 1. The summed E-state index contributed by atoms with van der Waals surface area (Å²) in [5.41, 5.74) is 2.29. The van der Waals surface area contributed by atoms with E-state index >= 15 is 0 Å². The van der Waals surface area contributed by atoms with Crippen LogP contribution < -0.4 is 4.74 Å². The van der Waals surface area contributed by atoms with E-state index in [1.165, 1.54) is 30.9 Å². The number of thiophene rings is 1. The lowest BCUT2D eigenvalue weighted by atomic mass is 10.0. The van der Waals surface area contributed by atoms with Gasteiger partial charge in [0.15, 0.2) is 5.82 Å². The van der Waals surface area contributed by atoms with Gasteiger partial charge >= 0.3 is 0 Å². The number of aromatic hydroxyl groups is 1. The van der Waals surface area contributed by atoms with Crippen LogP contribution in [0.3, 0.4) is 0 Å². The van der Waals surface area contributed by atoms with Crippen molar-refractivity contribution in [3.63, 3.8) is 0 Å². The molecular weight excluding hydrogens is 416 g/mol. The molecule has 4 nitrogen and oxygen atoms in total. The van der Waals surface area contributed by atoms with Crippen LogP contribution in [-0.4, -0.2) is 22.2 Å². The summed E-state index contributed by atoms with van der Waals surface area (Å²) in [4.78, 5) is 9.21. The molecule has 0 aliphatic carbocycles. The van der Waals surface area contributed by atoms with Crippen molar-refractivity contribution >= 4 is 42.3 Å². The van der Waals surface area contributed by atoms with Gasteiger partial charge in [-0.15, -0.1) is 11.3 Å². The molecule has 0 aliphatic rings. The quantitative estimate of drug-likeness (QED) is 0.324. The van der Waals surface area contributed by atoms with Crippen LogP contribution in [0.4, 0.5) is 0 Å². The van der Waals surface area contributed by atoms with Crippen LogP contribution in [0.15, 0.2) is 84.9 Å². The Morgan fingerprint density at radius 1 is 0.750 bits per heavy atom. The van der Waals surface area contributed by atoms with Crippen LogP contribution in [0.5, 0.6) is 11.6 Å². The van der Waals surface area contributed by atoms with Crippen molar-refractivity contribution in [3.8, 4) is 34.3 Å². The van der Waals surface area contributed by atoms with Crippen molar-refractivity contribution in [1.29, 1.82) is 0 Å². The van der Waals surface area contributed by atoms with E-state index in [4.69, 9.17) is 9.72 Å². The lowest BCUT2D eigenvalue weighted by molar-refractivity contribution is 0.397. The number of para-hydroxylation sites is 1. The van der Waals surface area contributed by atoms with E-state index in [0.717, 1.165) is 11.3 Å². The summed E-state index contributed by atoms with van der Waals surface area (Å²) in [6.07, 6.45) is 0. The number of hydrogen-bond acceptors (Lipinski definition) is 5. The third-order valence-electron chi connectivity index (χ3n) is 5.69. The fraction of sp³-hybridized carbons (Fsp3) is 0.0370. The molecule has 0 radical (unpaired) electrons. The fourth-order valence-electron chi connectivity index (χ4n) is 4.08. The maximum absolute atomic E-state index is 10.3. The van der Waals surface area contributed by atoms with Gasteiger partial charge in [0.2, 0.25) is 5.88 Å². The normalized spacial score (nSPS) is 11.4. The monoisotopic (exact) mass is 434 g/mol. The van der Waals surface area contributed by atoms with Gasteiger partial charge in [-0.25, -0.2) is 4.98 Å². The molecule has 0 saturated carbocycles. The molecule has 6 rings (SSSR count). The number of fused-ring (bicyclic) bond motifs is 4. The van der Waals surface area contributed by atoms with Crippen molar-refractivity contribution in [2.75, 3.05) is 7.11 Å². The molecule has 4 aromatic carbocycles. The van der Waals surface area contributed by atoms with Crippen LogP contribution in [0.1, 0.15) is 0 Å². The Bertz CT molecular complexity index is 1640. The van der Waals surface area contributed by atoms with E-state index in [1.54, 1.807) is 36.6 Å². The third kappa shape index (κ3) is 3.06. The molecule has 0 unspecified atom stereocenters. The van der Waals surface area contributed by atoms with Crippen molar-refractivity contribution in [3.05, 3.63) is 84.9 Å².